The number of benzene rings is 2. The Labute approximate surface area is 173 Å². The number of dihydropyridines is 1. The number of halogens is 2. The fraction of sp³-hybridized carbons (Fsp3) is 0.217. The van der Waals surface area contributed by atoms with Gasteiger partial charge in [-0.15, -0.1) is 0 Å². The lowest BCUT2D eigenvalue weighted by Crippen LogP contribution is -2.35. The van der Waals surface area contributed by atoms with E-state index in [2.05, 4.69) is 10.6 Å². The molecular weight excluding hydrogens is 391 g/mol. The zero-order valence-corrected chi connectivity index (χ0v) is 16.6. The van der Waals surface area contributed by atoms with Gasteiger partial charge in [0, 0.05) is 45.6 Å². The van der Waals surface area contributed by atoms with Gasteiger partial charge in [-0.1, -0.05) is 35.9 Å². The maximum atomic E-state index is 13.6. The molecule has 2 N–H and O–H groups in total. The van der Waals surface area contributed by atoms with Gasteiger partial charge in [0.1, 0.15) is 5.82 Å². The number of amides is 1. The molecule has 1 heterocycles. The first-order chi connectivity index (χ1) is 14.0. The molecule has 1 unspecified atom stereocenters. The van der Waals surface area contributed by atoms with Crippen molar-refractivity contribution in [2.45, 2.75) is 32.1 Å². The summed E-state index contributed by atoms with van der Waals surface area (Å²) in [4.78, 5) is 26.1. The molecule has 2 aromatic rings. The summed E-state index contributed by atoms with van der Waals surface area (Å²) in [6, 6.07) is 13.0. The predicted octanol–water partition coefficient (Wildman–Crippen LogP) is 5.09. The Morgan fingerprint density at radius 1 is 1.17 bits per heavy atom. The maximum Gasteiger partial charge on any atom is 0.254 e. The normalized spacial score (nSPS) is 19.0. The Morgan fingerprint density at radius 2 is 1.97 bits per heavy atom. The Hall–Kier alpha value is -2.92. The van der Waals surface area contributed by atoms with Gasteiger partial charge < -0.3 is 10.6 Å². The molecule has 1 atom stereocenters. The number of carbonyl (C=O) groups excluding carboxylic acids is 2. The third kappa shape index (κ3) is 3.70. The third-order valence-electron chi connectivity index (χ3n) is 5.32. The highest BCUT2D eigenvalue weighted by Crippen LogP contribution is 2.44. The summed E-state index contributed by atoms with van der Waals surface area (Å²) < 4.78 is 13.6. The van der Waals surface area contributed by atoms with Gasteiger partial charge in [0.15, 0.2) is 5.78 Å². The molecule has 4 rings (SSSR count). The molecule has 4 nitrogen and oxygen atoms in total. The second-order valence-electron chi connectivity index (χ2n) is 7.25. The Kier molecular flexibility index (Phi) is 5.24. The minimum absolute atomic E-state index is 0.0206. The summed E-state index contributed by atoms with van der Waals surface area (Å²) >= 11 is 6.48. The summed E-state index contributed by atoms with van der Waals surface area (Å²) in [6.07, 6.45) is 1.97. The number of allylic oxidation sites excluding steroid dienone is 3. The zero-order valence-electron chi connectivity index (χ0n) is 15.9. The number of ketones is 1. The van der Waals surface area contributed by atoms with Crippen LogP contribution in [-0.4, -0.2) is 11.7 Å². The van der Waals surface area contributed by atoms with Crippen molar-refractivity contribution in [2.24, 2.45) is 0 Å². The fourth-order valence-corrected chi connectivity index (χ4v) is 4.31. The number of carbonyl (C=O) groups is 2. The molecule has 29 heavy (non-hydrogen) atoms. The van der Waals surface area contributed by atoms with Gasteiger partial charge in [0.2, 0.25) is 0 Å². The third-order valence-corrected chi connectivity index (χ3v) is 5.66. The van der Waals surface area contributed by atoms with Crippen LogP contribution in [0.1, 0.15) is 37.7 Å². The lowest BCUT2D eigenvalue weighted by Gasteiger charge is -2.34. The smallest absolute Gasteiger partial charge is 0.254 e. The molecule has 2 aromatic carbocycles. The highest BCUT2D eigenvalue weighted by molar-refractivity contribution is 6.31. The van der Waals surface area contributed by atoms with E-state index in [-0.39, 0.29) is 5.78 Å². The van der Waals surface area contributed by atoms with Gasteiger partial charge in [-0.25, -0.2) is 4.39 Å². The van der Waals surface area contributed by atoms with Crippen LogP contribution in [0.5, 0.6) is 0 Å². The fourth-order valence-electron chi connectivity index (χ4n) is 4.07. The molecule has 0 saturated carbocycles. The van der Waals surface area contributed by atoms with E-state index in [1.54, 1.807) is 12.1 Å². The summed E-state index contributed by atoms with van der Waals surface area (Å²) in [7, 11) is 0. The number of Topliss-reactive ketones (excluding diaryl/α,β-unsaturated/α-hetero) is 1. The summed E-state index contributed by atoms with van der Waals surface area (Å²) in [5.41, 5.74) is 3.59. The van der Waals surface area contributed by atoms with Crippen molar-refractivity contribution in [3.8, 4) is 0 Å². The quantitative estimate of drug-likeness (QED) is 0.741. The summed E-state index contributed by atoms with van der Waals surface area (Å²) in [5, 5.41) is 6.51. The molecule has 0 spiro atoms. The van der Waals surface area contributed by atoms with E-state index in [9.17, 15) is 14.0 Å². The van der Waals surface area contributed by atoms with E-state index in [1.165, 1.54) is 18.2 Å². The van der Waals surface area contributed by atoms with Crippen molar-refractivity contribution in [1.82, 2.24) is 5.32 Å². The number of hydrogen-bond donors (Lipinski definition) is 2. The molecule has 2 aliphatic rings. The van der Waals surface area contributed by atoms with E-state index < -0.39 is 17.6 Å². The van der Waals surface area contributed by atoms with Crippen molar-refractivity contribution < 1.29 is 14.0 Å². The second-order valence-corrected chi connectivity index (χ2v) is 7.66. The van der Waals surface area contributed by atoms with Gasteiger partial charge in [0.25, 0.3) is 5.91 Å². The first-order valence-electron chi connectivity index (χ1n) is 9.51. The van der Waals surface area contributed by atoms with Crippen molar-refractivity contribution >= 4 is 29.0 Å². The topological polar surface area (TPSA) is 58.2 Å². The van der Waals surface area contributed by atoms with Crippen molar-refractivity contribution in [3.05, 3.63) is 87.5 Å². The van der Waals surface area contributed by atoms with Crippen LogP contribution in [0.2, 0.25) is 5.02 Å². The van der Waals surface area contributed by atoms with E-state index >= 15 is 0 Å². The van der Waals surface area contributed by atoms with Gasteiger partial charge in [-0.05, 0) is 49.6 Å². The van der Waals surface area contributed by atoms with Crippen LogP contribution >= 0.6 is 11.6 Å². The highest BCUT2D eigenvalue weighted by Gasteiger charge is 2.39. The van der Waals surface area contributed by atoms with Crippen LogP contribution in [0.25, 0.3) is 0 Å². The average molecular weight is 411 g/mol. The van der Waals surface area contributed by atoms with Crippen molar-refractivity contribution in [3.63, 3.8) is 0 Å². The standard InChI is InChI=1S/C23H20ClFN2O2/c1-13-20(23(29)27-15-7-4-6-14(25)12-15)21(16-8-2-3-9-17(16)24)22-18(26-13)10-5-11-19(22)28/h2-4,6-9,12,21,26H,5,10-11H2,1H3,(H,27,29). The Bertz CT molecular complexity index is 1070. The van der Waals surface area contributed by atoms with E-state index in [1.807, 2.05) is 25.1 Å². The molecule has 0 saturated heterocycles. The van der Waals surface area contributed by atoms with Crippen LogP contribution in [-0.2, 0) is 9.59 Å². The molecule has 0 aromatic heterocycles. The lowest BCUT2D eigenvalue weighted by molar-refractivity contribution is -0.116. The number of rotatable bonds is 3. The summed E-state index contributed by atoms with van der Waals surface area (Å²) in [6.45, 7) is 1.81. The van der Waals surface area contributed by atoms with E-state index in [0.29, 0.717) is 39.5 Å². The van der Waals surface area contributed by atoms with Crippen molar-refractivity contribution in [2.75, 3.05) is 5.32 Å². The second kappa shape index (κ2) is 7.84. The minimum Gasteiger partial charge on any atom is -0.362 e. The first kappa shape index (κ1) is 19.4. The van der Waals surface area contributed by atoms with Crippen molar-refractivity contribution in [1.29, 1.82) is 0 Å². The molecule has 148 valence electrons. The molecule has 6 heteroatoms. The predicted molar refractivity (Wildman–Crippen MR) is 111 cm³/mol. The van der Waals surface area contributed by atoms with Crippen LogP contribution in [0.15, 0.2) is 71.1 Å². The van der Waals surface area contributed by atoms with Crippen LogP contribution in [0.3, 0.4) is 0 Å². The lowest BCUT2D eigenvalue weighted by atomic mass is 9.75. The van der Waals surface area contributed by atoms with Gasteiger partial charge in [0.05, 0.1) is 0 Å². The Morgan fingerprint density at radius 3 is 2.72 bits per heavy atom. The van der Waals surface area contributed by atoms with Crippen LogP contribution in [0.4, 0.5) is 10.1 Å². The summed E-state index contributed by atoms with van der Waals surface area (Å²) in [5.74, 6) is -1.38. The molecular formula is C23H20ClFN2O2. The first-order valence-corrected chi connectivity index (χ1v) is 9.89. The van der Waals surface area contributed by atoms with Gasteiger partial charge in [-0.2, -0.15) is 0 Å². The molecule has 1 aliphatic carbocycles. The SMILES string of the molecule is CC1=C(C(=O)Nc2cccc(F)c2)C(c2ccccc2Cl)C2=C(CCCC2=O)N1. The van der Waals surface area contributed by atoms with E-state index in [0.717, 1.165) is 18.5 Å². The average Bonchev–Trinajstić information content (AvgIpc) is 2.67. The molecule has 1 amide bonds. The largest absolute Gasteiger partial charge is 0.362 e. The molecule has 1 aliphatic heterocycles. The minimum atomic E-state index is -0.568. The number of hydrogen-bond acceptors (Lipinski definition) is 3. The zero-order chi connectivity index (χ0) is 20.5. The number of anilines is 1. The monoisotopic (exact) mass is 410 g/mol. The maximum absolute atomic E-state index is 13.6. The molecule has 0 radical (unpaired) electrons. The highest BCUT2D eigenvalue weighted by atomic mass is 35.5. The van der Waals surface area contributed by atoms with E-state index in [4.69, 9.17) is 11.6 Å². The molecule has 0 bridgehead atoms. The molecule has 0 fully saturated rings. The van der Waals surface area contributed by atoms with Crippen LogP contribution in [0, 0.1) is 5.82 Å². The van der Waals surface area contributed by atoms with Crippen LogP contribution < -0.4 is 10.6 Å². The van der Waals surface area contributed by atoms with Gasteiger partial charge >= 0.3 is 0 Å². The number of nitrogens with one attached hydrogen (secondary N) is 2. The Balaban J connectivity index is 1.81. The van der Waals surface area contributed by atoms with Gasteiger partial charge in [-0.3, -0.25) is 9.59 Å².